The van der Waals surface area contributed by atoms with E-state index >= 15 is 0 Å². The summed E-state index contributed by atoms with van der Waals surface area (Å²) in [6.07, 6.45) is -8.37. The van der Waals surface area contributed by atoms with Gasteiger partial charge in [0, 0.05) is 5.54 Å². The summed E-state index contributed by atoms with van der Waals surface area (Å²) in [4.78, 5) is 15.4. The van der Waals surface area contributed by atoms with E-state index in [9.17, 15) is 31.1 Å². The maximum Gasteiger partial charge on any atom is 0.417 e. The van der Waals surface area contributed by atoms with Crippen molar-refractivity contribution in [3.05, 3.63) is 64.7 Å². The zero-order chi connectivity index (χ0) is 25.3. The van der Waals surface area contributed by atoms with Gasteiger partial charge in [-0.05, 0) is 57.5 Å². The van der Waals surface area contributed by atoms with E-state index in [0.29, 0.717) is 11.6 Å². The lowest BCUT2D eigenvalue weighted by molar-refractivity contribution is -0.143. The van der Waals surface area contributed by atoms with E-state index in [4.69, 9.17) is 4.74 Å². The molecule has 1 atom stereocenters. The fourth-order valence-corrected chi connectivity index (χ4v) is 4.39. The Morgan fingerprint density at radius 1 is 0.971 bits per heavy atom. The van der Waals surface area contributed by atoms with E-state index in [1.807, 2.05) is 13.8 Å². The molecule has 0 aliphatic carbocycles. The molecule has 0 saturated carbocycles. The molecule has 186 valence electrons. The van der Waals surface area contributed by atoms with Crippen LogP contribution in [0.3, 0.4) is 0 Å². The summed E-state index contributed by atoms with van der Waals surface area (Å²) in [7, 11) is 0.926. The lowest BCUT2D eigenvalue weighted by Crippen LogP contribution is -2.53. The molecular weight excluding hydrogens is 462 g/mol. The van der Waals surface area contributed by atoms with E-state index in [2.05, 4.69) is 10.2 Å². The topological polar surface area (TPSA) is 41.6 Å². The summed E-state index contributed by atoms with van der Waals surface area (Å²) in [6, 6.07) is 8.37. The number of carbonyl (C=O) groups excluding carboxylic acids is 1. The van der Waals surface area contributed by atoms with Gasteiger partial charge in [0.2, 0.25) is 0 Å². The Morgan fingerprint density at radius 2 is 1.56 bits per heavy atom. The first-order chi connectivity index (χ1) is 15.8. The average Bonchev–Trinajstić information content (AvgIpc) is 3.31. The van der Waals surface area contributed by atoms with Crippen molar-refractivity contribution in [2.24, 2.45) is 0 Å². The number of ether oxygens (including phenoxy) is 1. The van der Waals surface area contributed by atoms with Gasteiger partial charge in [-0.25, -0.2) is 0 Å². The molecule has 10 heteroatoms. The summed E-state index contributed by atoms with van der Waals surface area (Å²) >= 11 is 0. The molecule has 1 aliphatic rings. The van der Waals surface area contributed by atoms with E-state index in [1.165, 1.54) is 0 Å². The number of amides is 1. The number of nitrogens with zero attached hydrogens (tertiary/aromatic N) is 1. The maximum atomic E-state index is 13.8. The van der Waals surface area contributed by atoms with Gasteiger partial charge in [0.05, 0.1) is 29.8 Å². The predicted molar refractivity (Wildman–Crippen MR) is 115 cm³/mol. The molecule has 3 rings (SSSR count). The minimum absolute atomic E-state index is 0.0550. The molecule has 1 fully saturated rings. The van der Waals surface area contributed by atoms with Crippen molar-refractivity contribution in [1.82, 2.24) is 10.2 Å². The highest BCUT2D eigenvalue weighted by molar-refractivity contribution is 5.99. The first kappa shape index (κ1) is 25.9. The van der Waals surface area contributed by atoms with Gasteiger partial charge in [0.15, 0.2) is 0 Å². The van der Waals surface area contributed by atoms with Crippen LogP contribution in [0.5, 0.6) is 5.75 Å². The van der Waals surface area contributed by atoms with Crippen LogP contribution in [0.1, 0.15) is 59.8 Å². The summed E-state index contributed by atoms with van der Waals surface area (Å²) in [5.74, 6) is -1.97. The predicted octanol–water partition coefficient (Wildman–Crippen LogP) is 6.08. The first-order valence-electron chi connectivity index (χ1n) is 10.7. The maximum absolute atomic E-state index is 13.8. The normalized spacial score (nSPS) is 16.4. The van der Waals surface area contributed by atoms with Crippen LogP contribution >= 0.6 is 0 Å². The van der Waals surface area contributed by atoms with Gasteiger partial charge < -0.3 is 10.1 Å². The standard InChI is InChI=1S/C24H26F6N2O2/c1-22(2,32-11-7-8-12-32)20(15-9-5-4-6-10-15)31-21(33)19-17(24(28,29)30)13-16(23(25,26)27)14-18(19)34-3/h4-6,9-10,13-14,20H,7-8,11-12H2,1-3H3,(H,31,33)/t20-/m1/s1. The summed E-state index contributed by atoms with van der Waals surface area (Å²) in [5, 5.41) is 2.67. The molecule has 0 unspecified atom stereocenters. The molecule has 1 N–H and O–H groups in total. The molecule has 0 spiro atoms. The number of likely N-dealkylation sites (tertiary alicyclic amines) is 1. The van der Waals surface area contributed by atoms with Crippen molar-refractivity contribution >= 4 is 5.91 Å². The second-order valence-electron chi connectivity index (χ2n) is 8.76. The summed E-state index contributed by atoms with van der Waals surface area (Å²) in [5.41, 5.74) is -4.27. The van der Waals surface area contributed by atoms with Crippen LogP contribution in [0.25, 0.3) is 0 Å². The number of methoxy groups -OCH3 is 1. The third-order valence-electron chi connectivity index (χ3n) is 6.22. The van der Waals surface area contributed by atoms with Crippen molar-refractivity contribution in [3.8, 4) is 5.75 Å². The zero-order valence-corrected chi connectivity index (χ0v) is 19.0. The first-order valence-corrected chi connectivity index (χ1v) is 10.7. The van der Waals surface area contributed by atoms with Crippen LogP contribution in [0.15, 0.2) is 42.5 Å². The number of hydrogen-bond acceptors (Lipinski definition) is 3. The number of alkyl halides is 6. The third kappa shape index (κ3) is 5.32. The third-order valence-corrected chi connectivity index (χ3v) is 6.22. The Kier molecular flexibility index (Phi) is 7.21. The largest absolute Gasteiger partial charge is 0.496 e. The highest BCUT2D eigenvalue weighted by Gasteiger charge is 2.44. The molecule has 1 saturated heterocycles. The molecule has 1 amide bonds. The van der Waals surface area contributed by atoms with Crippen molar-refractivity contribution in [3.63, 3.8) is 0 Å². The average molecular weight is 488 g/mol. The van der Waals surface area contributed by atoms with Gasteiger partial charge in [-0.1, -0.05) is 30.3 Å². The van der Waals surface area contributed by atoms with Crippen molar-refractivity contribution in [1.29, 1.82) is 0 Å². The van der Waals surface area contributed by atoms with Gasteiger partial charge in [0.25, 0.3) is 5.91 Å². The zero-order valence-electron chi connectivity index (χ0n) is 19.0. The molecule has 0 bridgehead atoms. The van der Waals surface area contributed by atoms with Crippen LogP contribution in [-0.4, -0.2) is 36.5 Å². The second kappa shape index (κ2) is 9.48. The van der Waals surface area contributed by atoms with Gasteiger partial charge in [-0.2, -0.15) is 26.3 Å². The Hall–Kier alpha value is -2.75. The Morgan fingerprint density at radius 3 is 2.06 bits per heavy atom. The minimum Gasteiger partial charge on any atom is -0.496 e. The molecule has 1 aliphatic heterocycles. The molecule has 0 aromatic heterocycles. The van der Waals surface area contributed by atoms with Gasteiger partial charge >= 0.3 is 12.4 Å². The number of carbonyl (C=O) groups is 1. The van der Waals surface area contributed by atoms with Crippen molar-refractivity contribution in [2.75, 3.05) is 20.2 Å². The van der Waals surface area contributed by atoms with Gasteiger partial charge in [-0.3, -0.25) is 9.69 Å². The van der Waals surface area contributed by atoms with Crippen LogP contribution < -0.4 is 10.1 Å². The lowest BCUT2D eigenvalue weighted by atomic mass is 9.86. The lowest BCUT2D eigenvalue weighted by Gasteiger charge is -2.42. The Balaban J connectivity index is 2.11. The number of benzene rings is 2. The number of halogens is 6. The van der Waals surface area contributed by atoms with Crippen molar-refractivity contribution in [2.45, 2.75) is 50.6 Å². The monoisotopic (exact) mass is 488 g/mol. The molecule has 2 aromatic rings. The number of rotatable bonds is 6. The van der Waals surface area contributed by atoms with Crippen LogP contribution in [0, 0.1) is 0 Å². The van der Waals surface area contributed by atoms with Crippen LogP contribution in [-0.2, 0) is 12.4 Å². The highest BCUT2D eigenvalue weighted by Crippen LogP contribution is 2.42. The Labute approximate surface area is 193 Å². The molecular formula is C24H26F6N2O2. The fraction of sp³-hybridized carbons (Fsp3) is 0.458. The second-order valence-corrected chi connectivity index (χ2v) is 8.76. The van der Waals surface area contributed by atoms with Crippen molar-refractivity contribution < 1.29 is 35.9 Å². The van der Waals surface area contributed by atoms with Gasteiger partial charge in [-0.15, -0.1) is 0 Å². The molecule has 4 nitrogen and oxygen atoms in total. The molecule has 2 aromatic carbocycles. The fourth-order valence-electron chi connectivity index (χ4n) is 4.39. The minimum atomic E-state index is -5.21. The van der Waals surface area contributed by atoms with E-state index in [-0.39, 0.29) is 6.07 Å². The van der Waals surface area contributed by atoms with E-state index in [1.54, 1.807) is 30.3 Å². The smallest absolute Gasteiger partial charge is 0.417 e. The van der Waals surface area contributed by atoms with E-state index in [0.717, 1.165) is 33.0 Å². The SMILES string of the molecule is COc1cc(C(F)(F)F)cc(C(F)(F)F)c1C(=O)N[C@H](c1ccccc1)C(C)(C)N1CCCC1. The number of hydrogen-bond donors (Lipinski definition) is 1. The highest BCUT2D eigenvalue weighted by atomic mass is 19.4. The van der Waals surface area contributed by atoms with Crippen LogP contribution in [0.4, 0.5) is 26.3 Å². The molecule has 34 heavy (non-hydrogen) atoms. The van der Waals surface area contributed by atoms with E-state index < -0.39 is 52.3 Å². The Bertz CT molecular complexity index is 1010. The molecule has 0 radical (unpaired) electrons. The quantitative estimate of drug-likeness (QED) is 0.502. The number of nitrogens with one attached hydrogen (secondary N) is 1. The summed E-state index contributed by atoms with van der Waals surface area (Å²) in [6.45, 7) is 5.27. The molecule has 1 heterocycles. The van der Waals surface area contributed by atoms with Crippen LogP contribution in [0.2, 0.25) is 0 Å². The summed E-state index contributed by atoms with van der Waals surface area (Å²) < 4.78 is 86.0. The van der Waals surface area contributed by atoms with Gasteiger partial charge in [0.1, 0.15) is 5.75 Å².